The second kappa shape index (κ2) is 7.72. The zero-order valence-corrected chi connectivity index (χ0v) is 11.9. The maximum absolute atomic E-state index is 12.0. The van der Waals surface area contributed by atoms with Crippen molar-refractivity contribution in [3.8, 4) is 0 Å². The minimum atomic E-state index is -1.36. The first-order chi connectivity index (χ1) is 10.2. The van der Waals surface area contributed by atoms with Crippen LogP contribution in [0.15, 0.2) is 60.7 Å². The van der Waals surface area contributed by atoms with E-state index in [-0.39, 0.29) is 0 Å². The summed E-state index contributed by atoms with van der Waals surface area (Å²) in [6.45, 7) is 0. The lowest BCUT2D eigenvalue weighted by Crippen LogP contribution is -2.34. The first-order valence-corrected chi connectivity index (χ1v) is 7.18. The van der Waals surface area contributed by atoms with Crippen LogP contribution in [0.4, 0.5) is 0 Å². The molecule has 2 aromatic carbocycles. The molecule has 3 nitrogen and oxygen atoms in total. The number of rotatable bonds is 7. The first-order valence-electron chi connectivity index (χ1n) is 7.18. The van der Waals surface area contributed by atoms with E-state index in [0.29, 0.717) is 12.0 Å². The summed E-state index contributed by atoms with van der Waals surface area (Å²) >= 11 is 0. The van der Waals surface area contributed by atoms with Gasteiger partial charge >= 0.3 is 0 Å². The van der Waals surface area contributed by atoms with Crippen LogP contribution in [-0.4, -0.2) is 28.2 Å². The standard InChI is InChI=1S/C18H20O3/c19-16(13-7-10-14-8-3-1-4-9-14)18(21)17(20)15-11-5-2-6-12-15/h1-6,8-9,11-12,16,18-19,21H,7,10,13H2/t16-,18+/m0/s1. The number of Topliss-reactive ketones (excluding diaryl/α,β-unsaturated/α-hetero) is 1. The van der Waals surface area contributed by atoms with Crippen LogP contribution in [0.3, 0.4) is 0 Å². The third kappa shape index (κ3) is 4.52. The normalized spacial score (nSPS) is 13.6. The van der Waals surface area contributed by atoms with Gasteiger partial charge < -0.3 is 10.2 Å². The highest BCUT2D eigenvalue weighted by molar-refractivity contribution is 5.99. The van der Waals surface area contributed by atoms with Crippen molar-refractivity contribution in [3.05, 3.63) is 71.8 Å². The van der Waals surface area contributed by atoms with Crippen LogP contribution >= 0.6 is 0 Å². The summed E-state index contributed by atoms with van der Waals surface area (Å²) in [6.07, 6.45) is -0.437. The van der Waals surface area contributed by atoms with E-state index in [1.54, 1.807) is 30.3 Å². The predicted octanol–water partition coefficient (Wildman–Crippen LogP) is 2.61. The van der Waals surface area contributed by atoms with Crippen LogP contribution in [-0.2, 0) is 6.42 Å². The molecule has 3 heteroatoms. The lowest BCUT2D eigenvalue weighted by molar-refractivity contribution is 0.0171. The molecule has 0 aromatic heterocycles. The first kappa shape index (κ1) is 15.4. The van der Waals surface area contributed by atoms with E-state index < -0.39 is 18.0 Å². The number of hydrogen-bond donors (Lipinski definition) is 2. The van der Waals surface area contributed by atoms with Crippen LogP contribution in [0.1, 0.15) is 28.8 Å². The van der Waals surface area contributed by atoms with Crippen molar-refractivity contribution >= 4 is 5.78 Å². The number of aryl methyl sites for hydroxylation is 1. The van der Waals surface area contributed by atoms with E-state index in [9.17, 15) is 15.0 Å². The Bertz CT molecular complexity index is 551. The average Bonchev–Trinajstić information content (AvgIpc) is 2.55. The highest BCUT2D eigenvalue weighted by atomic mass is 16.3. The summed E-state index contributed by atoms with van der Waals surface area (Å²) in [5.74, 6) is -0.428. The van der Waals surface area contributed by atoms with Crippen LogP contribution in [0.5, 0.6) is 0 Å². The molecular weight excluding hydrogens is 264 g/mol. The fraction of sp³-hybridized carbons (Fsp3) is 0.278. The lowest BCUT2D eigenvalue weighted by atomic mass is 9.98. The van der Waals surface area contributed by atoms with Crippen LogP contribution in [0.2, 0.25) is 0 Å². The summed E-state index contributed by atoms with van der Waals surface area (Å²) in [4.78, 5) is 12.0. The van der Waals surface area contributed by atoms with Gasteiger partial charge in [0.15, 0.2) is 5.78 Å². The average molecular weight is 284 g/mol. The van der Waals surface area contributed by atoms with Crippen molar-refractivity contribution in [2.24, 2.45) is 0 Å². The van der Waals surface area contributed by atoms with Gasteiger partial charge in [-0.2, -0.15) is 0 Å². The molecule has 0 amide bonds. The molecule has 0 heterocycles. The molecule has 0 unspecified atom stereocenters. The molecule has 0 spiro atoms. The van der Waals surface area contributed by atoms with E-state index in [1.807, 2.05) is 30.3 Å². The smallest absolute Gasteiger partial charge is 0.193 e. The van der Waals surface area contributed by atoms with E-state index >= 15 is 0 Å². The molecule has 2 N–H and O–H groups in total. The van der Waals surface area contributed by atoms with Crippen molar-refractivity contribution in [2.75, 3.05) is 0 Å². The van der Waals surface area contributed by atoms with Gasteiger partial charge in [0.25, 0.3) is 0 Å². The van der Waals surface area contributed by atoms with Crippen molar-refractivity contribution in [1.29, 1.82) is 0 Å². The highest BCUT2D eigenvalue weighted by Gasteiger charge is 2.24. The van der Waals surface area contributed by atoms with Crippen LogP contribution < -0.4 is 0 Å². The Labute approximate surface area is 124 Å². The summed E-state index contributed by atoms with van der Waals surface area (Å²) < 4.78 is 0. The van der Waals surface area contributed by atoms with Gasteiger partial charge in [-0.3, -0.25) is 4.79 Å². The molecule has 2 rings (SSSR count). The third-order valence-corrected chi connectivity index (χ3v) is 3.50. The summed E-state index contributed by atoms with van der Waals surface area (Å²) in [6, 6.07) is 18.5. The van der Waals surface area contributed by atoms with Gasteiger partial charge in [-0.25, -0.2) is 0 Å². The van der Waals surface area contributed by atoms with Crippen molar-refractivity contribution in [2.45, 2.75) is 31.5 Å². The highest BCUT2D eigenvalue weighted by Crippen LogP contribution is 2.12. The van der Waals surface area contributed by atoms with Crippen molar-refractivity contribution in [3.63, 3.8) is 0 Å². The van der Waals surface area contributed by atoms with Gasteiger partial charge in [0, 0.05) is 5.56 Å². The van der Waals surface area contributed by atoms with E-state index in [4.69, 9.17) is 0 Å². The van der Waals surface area contributed by atoms with Gasteiger partial charge in [-0.05, 0) is 24.8 Å². The zero-order chi connectivity index (χ0) is 15.1. The quantitative estimate of drug-likeness (QED) is 0.768. The number of carbonyl (C=O) groups is 1. The summed E-state index contributed by atoms with van der Waals surface area (Å²) in [5, 5.41) is 19.9. The Morgan fingerprint density at radius 3 is 2.10 bits per heavy atom. The number of carbonyl (C=O) groups excluding carboxylic acids is 1. The zero-order valence-electron chi connectivity index (χ0n) is 11.9. The molecule has 110 valence electrons. The Morgan fingerprint density at radius 1 is 0.905 bits per heavy atom. The topological polar surface area (TPSA) is 57.5 Å². The Balaban J connectivity index is 1.82. The molecular formula is C18H20O3. The van der Waals surface area contributed by atoms with Gasteiger partial charge in [0.1, 0.15) is 6.10 Å². The van der Waals surface area contributed by atoms with Gasteiger partial charge in [0.2, 0.25) is 0 Å². The monoisotopic (exact) mass is 284 g/mol. The molecule has 0 fully saturated rings. The molecule has 0 saturated heterocycles. The Kier molecular flexibility index (Phi) is 5.67. The molecule has 2 atom stereocenters. The van der Waals surface area contributed by atoms with Crippen molar-refractivity contribution < 1.29 is 15.0 Å². The number of aliphatic hydroxyl groups excluding tert-OH is 2. The lowest BCUT2D eigenvalue weighted by Gasteiger charge is -2.16. The summed E-state index contributed by atoms with van der Waals surface area (Å²) in [5.41, 5.74) is 1.61. The summed E-state index contributed by atoms with van der Waals surface area (Å²) in [7, 11) is 0. The van der Waals surface area contributed by atoms with Gasteiger partial charge in [0.05, 0.1) is 6.10 Å². The van der Waals surface area contributed by atoms with Crippen molar-refractivity contribution in [1.82, 2.24) is 0 Å². The Hall–Kier alpha value is -1.97. The second-order valence-electron chi connectivity index (χ2n) is 5.12. The van der Waals surface area contributed by atoms with E-state index in [0.717, 1.165) is 12.8 Å². The minimum absolute atomic E-state index is 0.397. The molecule has 0 aliphatic rings. The number of benzene rings is 2. The fourth-order valence-electron chi connectivity index (χ4n) is 2.27. The number of ketones is 1. The van der Waals surface area contributed by atoms with Crippen LogP contribution in [0, 0.1) is 0 Å². The third-order valence-electron chi connectivity index (χ3n) is 3.50. The number of hydrogen-bond acceptors (Lipinski definition) is 3. The van der Waals surface area contributed by atoms with E-state index in [1.165, 1.54) is 5.56 Å². The minimum Gasteiger partial charge on any atom is -0.390 e. The fourth-order valence-corrected chi connectivity index (χ4v) is 2.27. The molecule has 0 aliphatic heterocycles. The maximum atomic E-state index is 12.0. The van der Waals surface area contributed by atoms with Gasteiger partial charge in [-0.1, -0.05) is 60.7 Å². The van der Waals surface area contributed by atoms with Gasteiger partial charge in [-0.15, -0.1) is 0 Å². The SMILES string of the molecule is O=C(c1ccccc1)[C@H](O)[C@@H](O)CCCc1ccccc1. The molecule has 2 aromatic rings. The number of aliphatic hydroxyl groups is 2. The maximum Gasteiger partial charge on any atom is 0.193 e. The molecule has 0 radical (unpaired) electrons. The second-order valence-corrected chi connectivity index (χ2v) is 5.12. The predicted molar refractivity (Wildman–Crippen MR) is 82.2 cm³/mol. The Morgan fingerprint density at radius 2 is 1.48 bits per heavy atom. The van der Waals surface area contributed by atoms with E-state index in [2.05, 4.69) is 0 Å². The molecule has 0 saturated carbocycles. The molecule has 0 aliphatic carbocycles. The largest absolute Gasteiger partial charge is 0.390 e. The molecule has 21 heavy (non-hydrogen) atoms. The van der Waals surface area contributed by atoms with Crippen LogP contribution in [0.25, 0.3) is 0 Å². The molecule has 0 bridgehead atoms.